The Bertz CT molecular complexity index is 990. The van der Waals surface area contributed by atoms with E-state index in [1.165, 1.54) is 9.87 Å². The van der Waals surface area contributed by atoms with Crippen LogP contribution in [0.25, 0.3) is 0 Å². The first-order valence-electron chi connectivity index (χ1n) is 9.13. The fraction of sp³-hybridized carbons (Fsp3) is 0.350. The average Bonchev–Trinajstić information content (AvgIpc) is 2.67. The van der Waals surface area contributed by atoms with Crippen molar-refractivity contribution in [3.8, 4) is 0 Å². The van der Waals surface area contributed by atoms with Crippen molar-refractivity contribution in [1.82, 2.24) is 9.62 Å². The van der Waals surface area contributed by atoms with Gasteiger partial charge in [-0.25, -0.2) is 8.42 Å². The molecule has 27 heavy (non-hydrogen) atoms. The Labute approximate surface area is 164 Å². The molecule has 1 amide bonds. The molecule has 1 N–H and O–H groups in total. The number of nitrogens with one attached hydrogen (secondary N) is 1. The van der Waals surface area contributed by atoms with Gasteiger partial charge in [-0.1, -0.05) is 29.8 Å². The quantitative estimate of drug-likeness (QED) is 0.854. The lowest BCUT2D eigenvalue weighted by molar-refractivity contribution is -0.126. The molecular weight excluding hydrogens is 384 g/mol. The van der Waals surface area contributed by atoms with Crippen LogP contribution in [0.2, 0.25) is 5.02 Å². The van der Waals surface area contributed by atoms with Gasteiger partial charge in [0.05, 0.1) is 4.90 Å². The van der Waals surface area contributed by atoms with Crippen molar-refractivity contribution in [1.29, 1.82) is 0 Å². The molecule has 4 rings (SSSR count). The second-order valence-corrected chi connectivity index (χ2v) is 9.33. The molecule has 1 heterocycles. The zero-order valence-corrected chi connectivity index (χ0v) is 16.4. The van der Waals surface area contributed by atoms with Crippen molar-refractivity contribution in [2.24, 2.45) is 0 Å². The first-order chi connectivity index (χ1) is 13.0. The summed E-state index contributed by atoms with van der Waals surface area (Å²) >= 11 is 6.07. The Hall–Kier alpha value is -1.89. The number of amides is 1. The van der Waals surface area contributed by atoms with E-state index in [4.69, 9.17) is 11.6 Å². The smallest absolute Gasteiger partial charge is 0.244 e. The van der Waals surface area contributed by atoms with Crippen LogP contribution in [-0.2, 0) is 27.7 Å². The molecule has 0 saturated carbocycles. The van der Waals surface area contributed by atoms with E-state index in [-0.39, 0.29) is 17.3 Å². The zero-order valence-electron chi connectivity index (χ0n) is 14.8. The molecule has 1 fully saturated rings. The fourth-order valence-corrected chi connectivity index (χ4v) is 5.73. The number of hydrogen-bond donors (Lipinski definition) is 1. The number of sulfonamides is 1. The third kappa shape index (κ3) is 3.49. The summed E-state index contributed by atoms with van der Waals surface area (Å²) in [5.74, 6) is -0.329. The van der Waals surface area contributed by atoms with Crippen LogP contribution >= 0.6 is 11.6 Å². The summed E-state index contributed by atoms with van der Waals surface area (Å²) < 4.78 is 28.1. The maximum Gasteiger partial charge on any atom is 0.244 e. The lowest BCUT2D eigenvalue weighted by Crippen LogP contribution is -2.52. The lowest BCUT2D eigenvalue weighted by Gasteiger charge is -2.34. The van der Waals surface area contributed by atoms with Gasteiger partial charge in [0.15, 0.2) is 0 Å². The summed E-state index contributed by atoms with van der Waals surface area (Å²) in [4.78, 5) is 12.8. The molecule has 0 spiro atoms. The number of hydrogen-bond acceptors (Lipinski definition) is 3. The number of nitrogens with zero attached hydrogens (tertiary/aromatic N) is 1. The molecule has 142 valence electrons. The van der Waals surface area contributed by atoms with Crippen LogP contribution in [0.4, 0.5) is 0 Å². The Morgan fingerprint density at radius 3 is 2.59 bits per heavy atom. The van der Waals surface area contributed by atoms with E-state index in [1.54, 1.807) is 36.4 Å². The predicted octanol–water partition coefficient (Wildman–Crippen LogP) is 3.08. The van der Waals surface area contributed by atoms with Gasteiger partial charge in [0.2, 0.25) is 15.9 Å². The molecule has 1 saturated heterocycles. The van der Waals surface area contributed by atoms with Crippen LogP contribution in [-0.4, -0.2) is 31.7 Å². The maximum absolute atomic E-state index is 13.4. The summed E-state index contributed by atoms with van der Waals surface area (Å²) in [6.45, 7) is 0.516. The number of rotatable bonds is 3. The SMILES string of the molecule is O=C1NCCN(S(=O)(=O)c2ccc3c(c2)CCCC3)C1c1cccc(Cl)c1. The van der Waals surface area contributed by atoms with Gasteiger partial charge in [0, 0.05) is 18.1 Å². The second-order valence-electron chi connectivity index (χ2n) is 7.00. The molecule has 1 aliphatic heterocycles. The largest absolute Gasteiger partial charge is 0.353 e. The van der Waals surface area contributed by atoms with Gasteiger partial charge in [-0.15, -0.1) is 0 Å². The minimum atomic E-state index is -3.81. The van der Waals surface area contributed by atoms with E-state index in [0.717, 1.165) is 31.2 Å². The summed E-state index contributed by atoms with van der Waals surface area (Å²) in [7, 11) is -3.81. The van der Waals surface area contributed by atoms with Crippen molar-refractivity contribution in [2.75, 3.05) is 13.1 Å². The molecule has 1 atom stereocenters. The van der Waals surface area contributed by atoms with Gasteiger partial charge >= 0.3 is 0 Å². The highest BCUT2D eigenvalue weighted by Gasteiger charge is 2.39. The highest BCUT2D eigenvalue weighted by Crippen LogP contribution is 2.32. The van der Waals surface area contributed by atoms with Gasteiger partial charge in [-0.05, 0) is 66.6 Å². The normalized spacial score (nSPS) is 20.8. The molecule has 2 aromatic rings. The predicted molar refractivity (Wildman–Crippen MR) is 104 cm³/mol. The van der Waals surface area contributed by atoms with Crippen molar-refractivity contribution in [3.63, 3.8) is 0 Å². The summed E-state index contributed by atoms with van der Waals surface area (Å²) in [5, 5.41) is 3.23. The van der Waals surface area contributed by atoms with Gasteiger partial charge < -0.3 is 5.32 Å². The maximum atomic E-state index is 13.4. The number of fused-ring (bicyclic) bond motifs is 1. The van der Waals surface area contributed by atoms with Crippen LogP contribution in [0.3, 0.4) is 0 Å². The van der Waals surface area contributed by atoms with Crippen molar-refractivity contribution >= 4 is 27.5 Å². The summed E-state index contributed by atoms with van der Waals surface area (Å²) in [5.41, 5.74) is 2.90. The standard InChI is InChI=1S/C20H21ClN2O3S/c21-17-7-3-6-16(12-17)19-20(24)22-10-11-23(19)27(25,26)18-9-8-14-4-1-2-5-15(14)13-18/h3,6-9,12-13,19H,1-2,4-5,10-11H2,(H,22,24). The number of benzene rings is 2. The Kier molecular flexibility index (Phi) is 4.97. The summed E-state index contributed by atoms with van der Waals surface area (Å²) in [6.07, 6.45) is 4.11. The van der Waals surface area contributed by atoms with Gasteiger partial charge in [-0.3, -0.25) is 4.79 Å². The number of halogens is 1. The molecule has 0 bridgehead atoms. The molecule has 1 unspecified atom stereocenters. The van der Waals surface area contributed by atoms with E-state index in [2.05, 4.69) is 5.32 Å². The van der Waals surface area contributed by atoms with Crippen molar-refractivity contribution < 1.29 is 13.2 Å². The van der Waals surface area contributed by atoms with Gasteiger partial charge in [0.25, 0.3) is 0 Å². The zero-order chi connectivity index (χ0) is 19.0. The third-order valence-electron chi connectivity index (χ3n) is 5.26. The van der Waals surface area contributed by atoms with E-state index >= 15 is 0 Å². The topological polar surface area (TPSA) is 66.5 Å². The lowest BCUT2D eigenvalue weighted by atomic mass is 9.92. The Morgan fingerprint density at radius 1 is 1.04 bits per heavy atom. The number of aryl methyl sites for hydroxylation is 2. The molecule has 5 nitrogen and oxygen atoms in total. The van der Waals surface area contributed by atoms with Gasteiger partial charge in [0.1, 0.15) is 6.04 Å². The van der Waals surface area contributed by atoms with Crippen molar-refractivity contribution in [3.05, 3.63) is 64.2 Å². The second kappa shape index (κ2) is 7.26. The van der Waals surface area contributed by atoms with Crippen LogP contribution in [0.5, 0.6) is 0 Å². The molecule has 7 heteroatoms. The van der Waals surface area contributed by atoms with E-state index < -0.39 is 16.1 Å². The van der Waals surface area contributed by atoms with Crippen LogP contribution < -0.4 is 5.32 Å². The number of carbonyl (C=O) groups is 1. The van der Waals surface area contributed by atoms with Crippen LogP contribution in [0.15, 0.2) is 47.4 Å². The van der Waals surface area contributed by atoms with Gasteiger partial charge in [-0.2, -0.15) is 4.31 Å². The molecule has 2 aliphatic rings. The highest BCUT2D eigenvalue weighted by molar-refractivity contribution is 7.89. The van der Waals surface area contributed by atoms with Crippen molar-refractivity contribution in [2.45, 2.75) is 36.6 Å². The first kappa shape index (κ1) is 18.5. The third-order valence-corrected chi connectivity index (χ3v) is 7.35. The number of carbonyl (C=O) groups excluding carboxylic acids is 1. The average molecular weight is 405 g/mol. The number of piperazine rings is 1. The molecular formula is C20H21ClN2O3S. The van der Waals surface area contributed by atoms with E-state index in [9.17, 15) is 13.2 Å². The minimum Gasteiger partial charge on any atom is -0.353 e. The van der Waals surface area contributed by atoms with Crippen LogP contribution in [0, 0.1) is 0 Å². The fourth-order valence-electron chi connectivity index (χ4n) is 3.90. The molecule has 0 radical (unpaired) electrons. The minimum absolute atomic E-state index is 0.225. The molecule has 1 aliphatic carbocycles. The van der Waals surface area contributed by atoms with E-state index in [0.29, 0.717) is 17.1 Å². The molecule has 2 aromatic carbocycles. The monoisotopic (exact) mass is 404 g/mol. The Morgan fingerprint density at radius 2 is 1.81 bits per heavy atom. The Balaban J connectivity index is 1.75. The van der Waals surface area contributed by atoms with Crippen LogP contribution in [0.1, 0.15) is 35.6 Å². The highest BCUT2D eigenvalue weighted by atomic mass is 35.5. The first-order valence-corrected chi connectivity index (χ1v) is 11.0. The summed E-state index contributed by atoms with van der Waals surface area (Å²) in [6, 6.07) is 11.3. The van der Waals surface area contributed by atoms with E-state index in [1.807, 2.05) is 6.07 Å². The molecule has 0 aromatic heterocycles.